The number of nitrogens with two attached hydrogens (primary N) is 1. The minimum atomic E-state index is -0.694. The fourth-order valence-electron chi connectivity index (χ4n) is 0.965. The van der Waals surface area contributed by atoms with Gasteiger partial charge in [0.2, 0.25) is 0 Å². The summed E-state index contributed by atoms with van der Waals surface area (Å²) in [4.78, 5) is 15.2. The van der Waals surface area contributed by atoms with Crippen molar-refractivity contribution in [2.24, 2.45) is 0 Å². The molecule has 0 aliphatic carbocycles. The van der Waals surface area contributed by atoms with E-state index in [0.29, 0.717) is 11.4 Å². The van der Waals surface area contributed by atoms with Gasteiger partial charge in [-0.2, -0.15) is 0 Å². The first-order valence-corrected chi connectivity index (χ1v) is 4.10. The number of nitrogen functional groups attached to an aromatic ring is 1. The zero-order valence-corrected chi connectivity index (χ0v) is 7.79. The molecular formula is C9H11FN2O2. The molecule has 0 saturated heterocycles. The molecule has 1 aromatic rings. The predicted octanol–water partition coefficient (Wildman–Crippen LogP) is 1.10. The van der Waals surface area contributed by atoms with E-state index in [2.05, 4.69) is 9.72 Å². The minimum absolute atomic E-state index is 0.243. The van der Waals surface area contributed by atoms with Gasteiger partial charge in [-0.05, 0) is 13.0 Å². The number of ether oxygens (including phenoxy) is 1. The second-order valence-corrected chi connectivity index (χ2v) is 2.73. The van der Waals surface area contributed by atoms with Gasteiger partial charge in [0.15, 0.2) is 0 Å². The number of carbonyl (C=O) groups excluding carboxylic acids is 1. The standard InChI is InChI=1S/C9H11FN2O2/c1-6-8(4-7(11)5-12-6)9(13)14-3-2-10/h4-5H,2-3,11H2,1H3. The predicted molar refractivity (Wildman–Crippen MR) is 49.6 cm³/mol. The minimum Gasteiger partial charge on any atom is -0.459 e. The number of aromatic nitrogens is 1. The zero-order chi connectivity index (χ0) is 10.6. The molecule has 0 amide bonds. The fourth-order valence-corrected chi connectivity index (χ4v) is 0.965. The molecule has 1 aromatic heterocycles. The molecular weight excluding hydrogens is 187 g/mol. The number of rotatable bonds is 3. The largest absolute Gasteiger partial charge is 0.459 e. The van der Waals surface area contributed by atoms with E-state index >= 15 is 0 Å². The van der Waals surface area contributed by atoms with Crippen LogP contribution in [0.15, 0.2) is 12.3 Å². The SMILES string of the molecule is Cc1ncc(N)cc1C(=O)OCCF. The number of aryl methyl sites for hydroxylation is 1. The quantitative estimate of drug-likeness (QED) is 0.738. The van der Waals surface area contributed by atoms with Gasteiger partial charge in [-0.15, -0.1) is 0 Å². The molecule has 76 valence electrons. The van der Waals surface area contributed by atoms with E-state index in [9.17, 15) is 9.18 Å². The number of halogens is 1. The van der Waals surface area contributed by atoms with Gasteiger partial charge in [0.25, 0.3) is 0 Å². The monoisotopic (exact) mass is 198 g/mol. The van der Waals surface area contributed by atoms with Crippen LogP contribution >= 0.6 is 0 Å². The Labute approximate surface area is 80.9 Å². The lowest BCUT2D eigenvalue weighted by molar-refractivity contribution is 0.0480. The molecule has 0 aliphatic rings. The van der Waals surface area contributed by atoms with E-state index < -0.39 is 12.6 Å². The van der Waals surface area contributed by atoms with Crippen LogP contribution in [0.3, 0.4) is 0 Å². The summed E-state index contributed by atoms with van der Waals surface area (Å²) in [6.45, 7) is 0.721. The van der Waals surface area contributed by atoms with Crippen molar-refractivity contribution in [3.8, 4) is 0 Å². The van der Waals surface area contributed by atoms with E-state index in [0.717, 1.165) is 0 Å². The number of esters is 1. The topological polar surface area (TPSA) is 65.2 Å². The lowest BCUT2D eigenvalue weighted by Gasteiger charge is -2.05. The van der Waals surface area contributed by atoms with Gasteiger partial charge in [0.1, 0.15) is 13.3 Å². The van der Waals surface area contributed by atoms with Gasteiger partial charge >= 0.3 is 5.97 Å². The summed E-state index contributed by atoms with van der Waals surface area (Å²) in [5, 5.41) is 0. The molecule has 2 N–H and O–H groups in total. The number of hydrogen-bond donors (Lipinski definition) is 1. The zero-order valence-electron chi connectivity index (χ0n) is 7.79. The fraction of sp³-hybridized carbons (Fsp3) is 0.333. The van der Waals surface area contributed by atoms with E-state index in [1.54, 1.807) is 6.92 Å². The Hall–Kier alpha value is -1.65. The normalized spacial score (nSPS) is 9.86. The highest BCUT2D eigenvalue weighted by atomic mass is 19.1. The summed E-state index contributed by atoms with van der Waals surface area (Å²) in [5.41, 5.74) is 6.62. The van der Waals surface area contributed by atoms with Gasteiger partial charge in [-0.25, -0.2) is 9.18 Å². The van der Waals surface area contributed by atoms with Crippen molar-refractivity contribution in [1.29, 1.82) is 0 Å². The molecule has 0 radical (unpaired) electrons. The van der Waals surface area contributed by atoms with Crippen LogP contribution in [0.5, 0.6) is 0 Å². The summed E-state index contributed by atoms with van der Waals surface area (Å²) >= 11 is 0. The van der Waals surface area contributed by atoms with Crippen molar-refractivity contribution in [3.63, 3.8) is 0 Å². The van der Waals surface area contributed by atoms with Crippen LogP contribution in [0, 0.1) is 6.92 Å². The van der Waals surface area contributed by atoms with Gasteiger partial charge in [-0.3, -0.25) is 4.98 Å². The Morgan fingerprint density at radius 2 is 2.43 bits per heavy atom. The maximum absolute atomic E-state index is 11.7. The first kappa shape index (κ1) is 10.4. The molecule has 5 heteroatoms. The third-order valence-corrected chi connectivity index (χ3v) is 1.64. The lowest BCUT2D eigenvalue weighted by Crippen LogP contribution is -2.10. The highest BCUT2D eigenvalue weighted by Crippen LogP contribution is 2.10. The second kappa shape index (κ2) is 4.55. The molecule has 14 heavy (non-hydrogen) atoms. The first-order valence-electron chi connectivity index (χ1n) is 4.10. The van der Waals surface area contributed by atoms with Crippen molar-refractivity contribution in [1.82, 2.24) is 4.98 Å². The summed E-state index contributed by atoms with van der Waals surface area (Å²) in [5.74, 6) is -0.597. The van der Waals surface area contributed by atoms with Crippen LogP contribution in [-0.4, -0.2) is 24.2 Å². The molecule has 0 spiro atoms. The number of hydrogen-bond acceptors (Lipinski definition) is 4. The molecule has 1 heterocycles. The highest BCUT2D eigenvalue weighted by molar-refractivity contribution is 5.91. The molecule has 0 aromatic carbocycles. The summed E-state index contributed by atoms with van der Waals surface area (Å²) in [6.07, 6.45) is 1.45. The van der Waals surface area contributed by atoms with Crippen molar-refractivity contribution in [3.05, 3.63) is 23.5 Å². The van der Waals surface area contributed by atoms with Crippen LogP contribution in [0.2, 0.25) is 0 Å². The molecule has 0 atom stereocenters. The molecule has 0 bridgehead atoms. The van der Waals surface area contributed by atoms with E-state index in [4.69, 9.17) is 5.73 Å². The summed E-state index contributed by atoms with van der Waals surface area (Å²) in [6, 6.07) is 1.46. The number of anilines is 1. The second-order valence-electron chi connectivity index (χ2n) is 2.73. The highest BCUT2D eigenvalue weighted by Gasteiger charge is 2.11. The average Bonchev–Trinajstić information content (AvgIpc) is 2.18. The van der Waals surface area contributed by atoms with Gasteiger partial charge < -0.3 is 10.5 Å². The number of nitrogens with zero attached hydrogens (tertiary/aromatic N) is 1. The maximum atomic E-state index is 11.7. The lowest BCUT2D eigenvalue weighted by atomic mass is 10.2. The van der Waals surface area contributed by atoms with Crippen molar-refractivity contribution < 1.29 is 13.9 Å². The summed E-state index contributed by atoms with van der Waals surface area (Å²) < 4.78 is 16.3. The molecule has 0 fully saturated rings. The van der Waals surface area contributed by atoms with Crippen molar-refractivity contribution >= 4 is 11.7 Å². The average molecular weight is 198 g/mol. The van der Waals surface area contributed by atoms with Gasteiger partial charge in [-0.1, -0.05) is 0 Å². The molecule has 4 nitrogen and oxygen atoms in total. The van der Waals surface area contributed by atoms with Crippen LogP contribution in [-0.2, 0) is 4.74 Å². The van der Waals surface area contributed by atoms with Crippen LogP contribution in [0.25, 0.3) is 0 Å². The number of carbonyl (C=O) groups is 1. The van der Waals surface area contributed by atoms with Gasteiger partial charge in [0.05, 0.1) is 23.1 Å². The number of alkyl halides is 1. The molecule has 0 unspecified atom stereocenters. The molecule has 1 rings (SSSR count). The Morgan fingerprint density at radius 1 is 1.71 bits per heavy atom. The Balaban J connectivity index is 2.83. The van der Waals surface area contributed by atoms with Crippen molar-refractivity contribution in [2.75, 3.05) is 19.0 Å². The van der Waals surface area contributed by atoms with Crippen LogP contribution < -0.4 is 5.73 Å². The van der Waals surface area contributed by atoms with E-state index in [-0.39, 0.29) is 12.2 Å². The van der Waals surface area contributed by atoms with E-state index in [1.807, 2.05) is 0 Å². The van der Waals surface area contributed by atoms with E-state index in [1.165, 1.54) is 12.3 Å². The van der Waals surface area contributed by atoms with Crippen molar-refractivity contribution in [2.45, 2.75) is 6.92 Å². The molecule has 0 aliphatic heterocycles. The Morgan fingerprint density at radius 3 is 3.07 bits per heavy atom. The number of pyridine rings is 1. The Kier molecular flexibility index (Phi) is 3.39. The smallest absolute Gasteiger partial charge is 0.340 e. The van der Waals surface area contributed by atoms with Gasteiger partial charge in [0, 0.05) is 0 Å². The van der Waals surface area contributed by atoms with Crippen LogP contribution in [0.1, 0.15) is 16.1 Å². The van der Waals surface area contributed by atoms with Crippen LogP contribution in [0.4, 0.5) is 10.1 Å². The third-order valence-electron chi connectivity index (χ3n) is 1.64. The maximum Gasteiger partial charge on any atom is 0.340 e. The molecule has 0 saturated carbocycles. The first-order chi connectivity index (χ1) is 6.65. The Bertz CT molecular complexity index is 342. The third kappa shape index (κ3) is 2.42. The summed E-state index contributed by atoms with van der Waals surface area (Å²) in [7, 11) is 0.